The van der Waals surface area contributed by atoms with Gasteiger partial charge in [-0.25, -0.2) is 0 Å². The van der Waals surface area contributed by atoms with Gasteiger partial charge in [0.15, 0.2) is 0 Å². The fourth-order valence-corrected chi connectivity index (χ4v) is 4.06. The molecule has 2 N–H and O–H groups in total. The number of para-hydroxylation sites is 1. The van der Waals surface area contributed by atoms with Gasteiger partial charge in [-0.1, -0.05) is 48.0 Å². The van der Waals surface area contributed by atoms with Crippen molar-refractivity contribution in [1.82, 2.24) is 0 Å². The number of Topliss-reactive ketones (excluding diaryl/α,β-unsaturated/α-hetero) is 1. The highest BCUT2D eigenvalue weighted by atomic mass is 16.3. The van der Waals surface area contributed by atoms with Crippen LogP contribution in [0.3, 0.4) is 0 Å². The summed E-state index contributed by atoms with van der Waals surface area (Å²) in [6, 6.07) is 18.4. The second-order valence-corrected chi connectivity index (χ2v) is 7.87. The number of amides is 1. The summed E-state index contributed by atoms with van der Waals surface area (Å²) in [5.74, 6) is -1.67. The van der Waals surface area contributed by atoms with Gasteiger partial charge in [0.2, 0.25) is 0 Å². The first kappa shape index (κ1) is 20.4. The number of carbonyl (C=O) groups excluding carboxylic acids is 2. The Hall–Kier alpha value is -3.86. The van der Waals surface area contributed by atoms with Crippen molar-refractivity contribution in [3.05, 3.63) is 100 Å². The Morgan fingerprint density at radius 1 is 0.871 bits per heavy atom. The minimum Gasteiger partial charge on any atom is -0.508 e. The van der Waals surface area contributed by atoms with Gasteiger partial charge in [0.25, 0.3) is 11.7 Å². The normalized spacial score (nSPS) is 17.9. The number of aliphatic hydroxyl groups is 1. The fraction of sp³-hybridized carbons (Fsp3) is 0.154. The van der Waals surface area contributed by atoms with Crippen molar-refractivity contribution in [2.45, 2.75) is 26.8 Å². The van der Waals surface area contributed by atoms with Crippen LogP contribution in [-0.2, 0) is 9.59 Å². The summed E-state index contributed by atoms with van der Waals surface area (Å²) in [6.45, 7) is 5.60. The maximum absolute atomic E-state index is 13.2. The first-order chi connectivity index (χ1) is 14.8. The third-order valence-electron chi connectivity index (χ3n) is 5.65. The molecule has 1 aliphatic rings. The quantitative estimate of drug-likeness (QED) is 0.362. The number of aliphatic hydroxyl groups excluding tert-OH is 1. The predicted octanol–water partition coefficient (Wildman–Crippen LogP) is 4.94. The zero-order valence-electron chi connectivity index (χ0n) is 17.6. The van der Waals surface area contributed by atoms with Gasteiger partial charge in [0.1, 0.15) is 11.5 Å². The number of ketones is 1. The van der Waals surface area contributed by atoms with E-state index >= 15 is 0 Å². The Kier molecular flexibility index (Phi) is 5.11. The van der Waals surface area contributed by atoms with E-state index in [2.05, 4.69) is 0 Å². The molecule has 5 heteroatoms. The summed E-state index contributed by atoms with van der Waals surface area (Å²) in [5.41, 5.74) is 4.17. The number of aromatic hydroxyl groups is 1. The third kappa shape index (κ3) is 3.48. The smallest absolute Gasteiger partial charge is 0.300 e. The molecule has 1 aliphatic heterocycles. The molecule has 0 aliphatic carbocycles. The second-order valence-electron chi connectivity index (χ2n) is 7.87. The lowest BCUT2D eigenvalue weighted by atomic mass is 9.93. The SMILES string of the molecule is Cc1ccc(C)c(/C(O)=C2\C(=O)C(=O)N(c3ccccc3C)C2c2cccc(O)c2)c1. The van der Waals surface area contributed by atoms with Crippen molar-refractivity contribution in [3.63, 3.8) is 0 Å². The van der Waals surface area contributed by atoms with Crippen LogP contribution >= 0.6 is 0 Å². The molecule has 0 bridgehead atoms. The number of hydrogen-bond acceptors (Lipinski definition) is 4. The minimum absolute atomic E-state index is 0.00699. The first-order valence-corrected chi connectivity index (χ1v) is 10.0. The van der Waals surface area contributed by atoms with Gasteiger partial charge in [0, 0.05) is 11.3 Å². The van der Waals surface area contributed by atoms with Crippen LogP contribution in [0.25, 0.3) is 5.76 Å². The van der Waals surface area contributed by atoms with Gasteiger partial charge in [-0.05, 0) is 61.7 Å². The molecular formula is C26H23NO4. The zero-order valence-corrected chi connectivity index (χ0v) is 17.6. The lowest BCUT2D eigenvalue weighted by molar-refractivity contribution is -0.132. The highest BCUT2D eigenvalue weighted by Gasteiger charge is 2.47. The summed E-state index contributed by atoms with van der Waals surface area (Å²) in [4.78, 5) is 27.8. The van der Waals surface area contributed by atoms with Crippen LogP contribution in [0.2, 0.25) is 0 Å². The Bertz CT molecular complexity index is 1240. The topological polar surface area (TPSA) is 77.8 Å². The Balaban J connectivity index is 2.02. The number of nitrogens with zero attached hydrogens (tertiary/aromatic N) is 1. The number of phenolic OH excluding ortho intramolecular Hbond substituents is 1. The van der Waals surface area contributed by atoms with E-state index in [1.807, 2.05) is 45.0 Å². The molecule has 1 heterocycles. The van der Waals surface area contributed by atoms with E-state index in [1.165, 1.54) is 17.0 Å². The number of hydrogen-bond donors (Lipinski definition) is 2. The average Bonchev–Trinajstić information content (AvgIpc) is 3.00. The van der Waals surface area contributed by atoms with E-state index in [-0.39, 0.29) is 17.1 Å². The highest BCUT2D eigenvalue weighted by molar-refractivity contribution is 6.51. The highest BCUT2D eigenvalue weighted by Crippen LogP contribution is 2.43. The van der Waals surface area contributed by atoms with Gasteiger partial charge in [-0.3, -0.25) is 14.5 Å². The molecule has 1 saturated heterocycles. The molecule has 3 aromatic carbocycles. The van der Waals surface area contributed by atoms with Crippen molar-refractivity contribution in [2.24, 2.45) is 0 Å². The van der Waals surface area contributed by atoms with E-state index < -0.39 is 17.7 Å². The molecule has 1 atom stereocenters. The Labute approximate surface area is 180 Å². The van der Waals surface area contributed by atoms with Crippen molar-refractivity contribution in [1.29, 1.82) is 0 Å². The molecule has 3 aromatic rings. The lowest BCUT2D eigenvalue weighted by Gasteiger charge is -2.27. The van der Waals surface area contributed by atoms with Gasteiger partial charge in [-0.15, -0.1) is 0 Å². The molecule has 0 aromatic heterocycles. The number of rotatable bonds is 3. The van der Waals surface area contributed by atoms with E-state index in [4.69, 9.17) is 0 Å². The first-order valence-electron chi connectivity index (χ1n) is 10.0. The number of anilines is 1. The van der Waals surface area contributed by atoms with Crippen molar-refractivity contribution < 1.29 is 19.8 Å². The van der Waals surface area contributed by atoms with Gasteiger partial charge >= 0.3 is 0 Å². The molecule has 156 valence electrons. The fourth-order valence-electron chi connectivity index (χ4n) is 4.06. The summed E-state index contributed by atoms with van der Waals surface area (Å²) in [6.07, 6.45) is 0. The molecule has 0 radical (unpaired) electrons. The Morgan fingerprint density at radius 2 is 1.61 bits per heavy atom. The molecule has 5 nitrogen and oxygen atoms in total. The van der Waals surface area contributed by atoms with Crippen LogP contribution in [0, 0.1) is 20.8 Å². The molecule has 4 rings (SSSR count). The van der Waals surface area contributed by atoms with E-state index in [9.17, 15) is 19.8 Å². The second kappa shape index (κ2) is 7.76. The largest absolute Gasteiger partial charge is 0.508 e. The standard InChI is InChI=1S/C26H23NO4/c1-15-11-12-16(2)20(13-15)24(29)22-23(18-8-6-9-19(28)14-18)27(26(31)25(22)30)21-10-5-4-7-17(21)3/h4-14,23,28-29H,1-3H3/b24-22+. The summed E-state index contributed by atoms with van der Waals surface area (Å²) in [5, 5.41) is 21.3. The Morgan fingerprint density at radius 3 is 2.32 bits per heavy atom. The number of carbonyl (C=O) groups is 2. The molecular weight excluding hydrogens is 390 g/mol. The summed E-state index contributed by atoms with van der Waals surface area (Å²) < 4.78 is 0. The van der Waals surface area contributed by atoms with E-state index in [1.54, 1.807) is 30.3 Å². The molecule has 1 unspecified atom stereocenters. The lowest BCUT2D eigenvalue weighted by Crippen LogP contribution is -2.30. The van der Waals surface area contributed by atoms with Crippen molar-refractivity contribution in [3.8, 4) is 5.75 Å². The van der Waals surface area contributed by atoms with Crippen molar-refractivity contribution >= 4 is 23.1 Å². The maximum Gasteiger partial charge on any atom is 0.300 e. The average molecular weight is 413 g/mol. The predicted molar refractivity (Wildman–Crippen MR) is 120 cm³/mol. The maximum atomic E-state index is 13.2. The van der Waals surface area contributed by atoms with Gasteiger partial charge in [-0.2, -0.15) is 0 Å². The number of aryl methyl sites for hydroxylation is 3. The van der Waals surface area contributed by atoms with Crippen LogP contribution in [-0.4, -0.2) is 21.9 Å². The third-order valence-corrected chi connectivity index (χ3v) is 5.65. The molecule has 31 heavy (non-hydrogen) atoms. The van der Waals surface area contributed by atoms with Crippen LogP contribution < -0.4 is 4.90 Å². The summed E-state index contributed by atoms with van der Waals surface area (Å²) in [7, 11) is 0. The van der Waals surface area contributed by atoms with Gasteiger partial charge in [0.05, 0.1) is 11.6 Å². The number of phenols is 1. The molecule has 0 saturated carbocycles. The van der Waals surface area contributed by atoms with Gasteiger partial charge < -0.3 is 10.2 Å². The number of benzene rings is 3. The monoisotopic (exact) mass is 413 g/mol. The molecule has 0 spiro atoms. The van der Waals surface area contributed by atoms with E-state index in [0.717, 1.165) is 16.7 Å². The minimum atomic E-state index is -0.867. The molecule has 1 fully saturated rings. The van der Waals surface area contributed by atoms with Crippen LogP contribution in [0.4, 0.5) is 5.69 Å². The summed E-state index contributed by atoms with van der Waals surface area (Å²) >= 11 is 0. The van der Waals surface area contributed by atoms with Crippen LogP contribution in [0.1, 0.15) is 33.9 Å². The van der Waals surface area contributed by atoms with Crippen LogP contribution in [0.5, 0.6) is 5.75 Å². The molecule has 1 amide bonds. The van der Waals surface area contributed by atoms with Crippen LogP contribution in [0.15, 0.2) is 72.3 Å². The van der Waals surface area contributed by atoms with Crippen molar-refractivity contribution in [2.75, 3.05) is 4.90 Å². The zero-order chi connectivity index (χ0) is 22.3. The van der Waals surface area contributed by atoms with E-state index in [0.29, 0.717) is 16.8 Å².